The van der Waals surface area contributed by atoms with Crippen LogP contribution in [0.5, 0.6) is 0 Å². The molecule has 2 saturated heterocycles. The highest BCUT2D eigenvalue weighted by atomic mass is 16.2. The summed E-state index contributed by atoms with van der Waals surface area (Å²) in [6.07, 6.45) is 6.03. The molecule has 48 heavy (non-hydrogen) atoms. The Morgan fingerprint density at radius 1 is 0.979 bits per heavy atom. The first-order valence-electron chi connectivity index (χ1n) is 17.7. The molecule has 12 nitrogen and oxygen atoms in total. The first-order valence-corrected chi connectivity index (χ1v) is 17.7. The highest BCUT2D eigenvalue weighted by Gasteiger charge is 2.70. The maximum absolute atomic E-state index is 14.4. The fraction of sp³-hybridized carbons (Fsp3) is 0.778. The largest absolute Gasteiger partial charge is 0.346 e. The minimum Gasteiger partial charge on any atom is -0.346 e. The Kier molecular flexibility index (Phi) is 11.1. The third-order valence-electron chi connectivity index (χ3n) is 10.9. The minimum atomic E-state index is -0.990. The van der Waals surface area contributed by atoms with Gasteiger partial charge in [0.25, 0.3) is 5.91 Å². The number of rotatable bonds is 13. The van der Waals surface area contributed by atoms with Crippen LogP contribution >= 0.6 is 0 Å². The molecule has 2 unspecified atom stereocenters. The van der Waals surface area contributed by atoms with Gasteiger partial charge in [0.15, 0.2) is 0 Å². The second-order valence-electron chi connectivity index (χ2n) is 17.1. The average molecular weight is 671 g/mol. The van der Waals surface area contributed by atoms with E-state index in [1.165, 1.54) is 6.08 Å². The number of likely N-dealkylation sites (tertiary alicyclic amines) is 2. The molecule has 0 aromatic heterocycles. The number of carbonyl (C=O) groups is 6. The van der Waals surface area contributed by atoms with Gasteiger partial charge in [0.05, 0.1) is 12.1 Å². The fourth-order valence-corrected chi connectivity index (χ4v) is 7.36. The number of carbonyl (C=O) groups excluding carboxylic acids is 6. The smallest absolute Gasteiger partial charge is 0.315 e. The van der Waals surface area contributed by atoms with E-state index in [4.69, 9.17) is 0 Å². The number of amides is 6. The van der Waals surface area contributed by atoms with Crippen molar-refractivity contribution < 1.29 is 28.8 Å². The summed E-state index contributed by atoms with van der Waals surface area (Å²) in [4.78, 5) is 83.7. The van der Waals surface area contributed by atoms with Crippen molar-refractivity contribution in [3.63, 3.8) is 0 Å². The molecule has 6 amide bonds. The summed E-state index contributed by atoms with van der Waals surface area (Å²) in [5, 5.41) is 11.4. The average Bonchev–Trinajstić information content (AvgIpc) is 3.84. The molecule has 4 fully saturated rings. The molecule has 4 aliphatic rings. The molecule has 2 saturated carbocycles. The summed E-state index contributed by atoms with van der Waals surface area (Å²) in [5.41, 5.74) is -1.24. The zero-order valence-electron chi connectivity index (χ0n) is 30.2. The summed E-state index contributed by atoms with van der Waals surface area (Å²) >= 11 is 0. The van der Waals surface area contributed by atoms with Gasteiger partial charge in [-0.2, -0.15) is 0 Å². The van der Waals surface area contributed by atoms with E-state index in [-0.39, 0.29) is 53.0 Å². The normalized spacial score (nSPS) is 25.2. The molecule has 6 atom stereocenters. The van der Waals surface area contributed by atoms with Gasteiger partial charge in [0, 0.05) is 32.6 Å². The minimum absolute atomic E-state index is 0.0822. The van der Waals surface area contributed by atoms with Crippen molar-refractivity contribution in [1.82, 2.24) is 31.1 Å². The van der Waals surface area contributed by atoms with E-state index in [0.717, 1.165) is 25.7 Å². The number of hydrogen-bond acceptors (Lipinski definition) is 6. The Morgan fingerprint density at radius 3 is 2.21 bits per heavy atom. The number of Topliss-reactive ketones (excluding diaryl/α,β-unsaturated/α-hetero) is 1. The number of piperidine rings is 2. The zero-order valence-corrected chi connectivity index (χ0v) is 30.2. The van der Waals surface area contributed by atoms with Crippen molar-refractivity contribution in [2.45, 2.75) is 118 Å². The summed E-state index contributed by atoms with van der Waals surface area (Å²) in [7, 11) is 0. The number of nitrogens with zero attached hydrogens (tertiary/aromatic N) is 2. The van der Waals surface area contributed by atoms with E-state index in [2.05, 4.69) is 41.7 Å². The number of ketones is 1. The standard InChI is InChI=1S/C36H58N6O6/c1-10-16-37-31(46)28(44)23(18-21-14-15-21)38-30(45)27-26-22(36(26,8)9)19-42(27)32(47)29(35(5,6)7)40-33(48)39-24(34(2,3)4)20-41-17-12-11-13-25(41)43/h10,21-24,26-27,29H,1,11-20H2,2-9H3,(H,37,46)(H,38,45)(H2,39,40,48)/t22-,23?,24?,26-,27-,29+/m0/s1. The van der Waals surface area contributed by atoms with Gasteiger partial charge in [-0.3, -0.25) is 24.0 Å². The van der Waals surface area contributed by atoms with E-state index < -0.39 is 47.2 Å². The first kappa shape index (κ1) is 37.4. The van der Waals surface area contributed by atoms with Crippen LogP contribution in [0.3, 0.4) is 0 Å². The fourth-order valence-electron chi connectivity index (χ4n) is 7.36. The maximum Gasteiger partial charge on any atom is 0.315 e. The molecule has 0 spiro atoms. The van der Waals surface area contributed by atoms with Gasteiger partial charge in [-0.05, 0) is 53.3 Å². The number of urea groups is 1. The van der Waals surface area contributed by atoms with Crippen LogP contribution < -0.4 is 21.3 Å². The molecule has 0 aromatic rings. The van der Waals surface area contributed by atoms with Gasteiger partial charge in [-0.25, -0.2) is 4.79 Å². The maximum atomic E-state index is 14.4. The third kappa shape index (κ3) is 8.58. The summed E-state index contributed by atoms with van der Waals surface area (Å²) in [6.45, 7) is 20.9. The highest BCUT2D eigenvalue weighted by molar-refractivity contribution is 6.38. The van der Waals surface area contributed by atoms with Crippen LogP contribution in [0.1, 0.15) is 93.9 Å². The van der Waals surface area contributed by atoms with E-state index in [1.54, 1.807) is 9.80 Å². The van der Waals surface area contributed by atoms with Gasteiger partial charge < -0.3 is 31.1 Å². The number of hydrogen-bond donors (Lipinski definition) is 4. The van der Waals surface area contributed by atoms with Crippen LogP contribution in [0.2, 0.25) is 0 Å². The molecular formula is C36H58N6O6. The molecular weight excluding hydrogens is 612 g/mol. The van der Waals surface area contributed by atoms with E-state index in [1.807, 2.05) is 41.5 Å². The van der Waals surface area contributed by atoms with Gasteiger partial charge in [-0.15, -0.1) is 6.58 Å². The molecule has 12 heteroatoms. The number of fused-ring (bicyclic) bond motifs is 1. The predicted octanol–water partition coefficient (Wildman–Crippen LogP) is 2.77. The lowest BCUT2D eigenvalue weighted by Gasteiger charge is -2.40. The lowest BCUT2D eigenvalue weighted by Crippen LogP contribution is -2.63. The molecule has 2 heterocycles. The van der Waals surface area contributed by atoms with Crippen LogP contribution in [0.4, 0.5) is 4.79 Å². The van der Waals surface area contributed by atoms with Crippen molar-refractivity contribution in [1.29, 1.82) is 0 Å². The SMILES string of the molecule is C=CCNC(=O)C(=O)C(CC1CC1)NC(=O)[C@@H]1[C@@H]2[C@H](CN1C(=O)[C@@H](NC(=O)NC(CN1CCCCC1=O)C(C)(C)C)C(C)(C)C)C2(C)C. The van der Waals surface area contributed by atoms with Crippen molar-refractivity contribution in [3.05, 3.63) is 12.7 Å². The summed E-state index contributed by atoms with van der Waals surface area (Å²) in [6, 6.07) is -3.67. The third-order valence-corrected chi connectivity index (χ3v) is 10.9. The number of nitrogens with one attached hydrogen (secondary N) is 4. The molecule has 4 N–H and O–H groups in total. The van der Waals surface area contributed by atoms with Crippen LogP contribution in [-0.4, -0.2) is 95.6 Å². The van der Waals surface area contributed by atoms with Crippen LogP contribution in [0.25, 0.3) is 0 Å². The highest BCUT2D eigenvalue weighted by Crippen LogP contribution is 2.65. The van der Waals surface area contributed by atoms with Crippen molar-refractivity contribution >= 4 is 35.4 Å². The molecule has 2 aliphatic heterocycles. The van der Waals surface area contributed by atoms with Gasteiger partial charge in [0.1, 0.15) is 12.1 Å². The van der Waals surface area contributed by atoms with E-state index in [0.29, 0.717) is 32.5 Å². The lowest BCUT2D eigenvalue weighted by molar-refractivity contribution is -0.145. The van der Waals surface area contributed by atoms with Crippen molar-refractivity contribution in [2.24, 2.45) is 34.0 Å². The van der Waals surface area contributed by atoms with Crippen LogP contribution in [0.15, 0.2) is 12.7 Å². The monoisotopic (exact) mass is 670 g/mol. The second-order valence-corrected chi connectivity index (χ2v) is 17.1. The Labute approximate surface area is 285 Å². The Bertz CT molecular complexity index is 1290. The van der Waals surface area contributed by atoms with E-state index in [9.17, 15) is 28.8 Å². The zero-order chi connectivity index (χ0) is 35.8. The van der Waals surface area contributed by atoms with Crippen molar-refractivity contribution in [2.75, 3.05) is 26.2 Å². The molecule has 2 aliphatic carbocycles. The molecule has 4 rings (SSSR count). The lowest BCUT2D eigenvalue weighted by atomic mass is 9.84. The Hall–Kier alpha value is -3.44. The molecule has 0 bridgehead atoms. The topological polar surface area (TPSA) is 157 Å². The van der Waals surface area contributed by atoms with Crippen molar-refractivity contribution in [3.8, 4) is 0 Å². The van der Waals surface area contributed by atoms with Crippen LogP contribution in [0, 0.1) is 34.0 Å². The molecule has 0 radical (unpaired) electrons. The predicted molar refractivity (Wildman–Crippen MR) is 182 cm³/mol. The second kappa shape index (κ2) is 14.2. The Balaban J connectivity index is 1.51. The Morgan fingerprint density at radius 2 is 1.65 bits per heavy atom. The first-order chi connectivity index (χ1) is 22.3. The van der Waals surface area contributed by atoms with Gasteiger partial charge >= 0.3 is 6.03 Å². The summed E-state index contributed by atoms with van der Waals surface area (Å²) < 4.78 is 0. The molecule has 0 aromatic carbocycles. The van der Waals surface area contributed by atoms with E-state index >= 15 is 0 Å². The summed E-state index contributed by atoms with van der Waals surface area (Å²) in [5.74, 6) is -1.98. The van der Waals surface area contributed by atoms with Gasteiger partial charge in [-0.1, -0.05) is 74.3 Å². The quantitative estimate of drug-likeness (QED) is 0.174. The van der Waals surface area contributed by atoms with Crippen LogP contribution in [-0.2, 0) is 24.0 Å². The van der Waals surface area contributed by atoms with Gasteiger partial charge in [0.2, 0.25) is 23.5 Å². The molecule has 268 valence electrons.